The van der Waals surface area contributed by atoms with E-state index in [4.69, 9.17) is 18.6 Å². The van der Waals surface area contributed by atoms with E-state index in [1.165, 1.54) is 20.3 Å². The maximum Gasteiger partial charge on any atom is 0.348 e. The predicted molar refractivity (Wildman–Crippen MR) is 95.4 cm³/mol. The Labute approximate surface area is 153 Å². The highest BCUT2D eigenvalue weighted by atomic mass is 16.6. The molecule has 4 rings (SSSR count). The molecule has 0 spiro atoms. The second-order valence-electron chi connectivity index (χ2n) is 6.10. The van der Waals surface area contributed by atoms with E-state index in [1.54, 1.807) is 36.4 Å². The third-order valence-electron chi connectivity index (χ3n) is 4.65. The number of phenolic OH excluding ortho intramolecular Hbond substituents is 1. The molecule has 2 atom stereocenters. The van der Waals surface area contributed by atoms with Crippen LogP contribution in [0, 0.1) is 0 Å². The minimum Gasteiger partial charge on any atom is -0.504 e. The number of para-hydroxylation sites is 1. The number of carbonyl (C=O) groups excluding carboxylic acids is 1. The Morgan fingerprint density at radius 1 is 1.15 bits per heavy atom. The molecule has 1 aliphatic rings. The Hall–Kier alpha value is -3.48. The molecule has 7 nitrogen and oxygen atoms in total. The molecule has 2 unspecified atom stereocenters. The summed E-state index contributed by atoms with van der Waals surface area (Å²) < 4.78 is 21.3. The predicted octanol–water partition coefficient (Wildman–Crippen LogP) is 2.57. The molecular weight excluding hydrogens is 352 g/mol. The first-order chi connectivity index (χ1) is 13.0. The summed E-state index contributed by atoms with van der Waals surface area (Å²) in [6, 6.07) is 11.5. The molecule has 1 aliphatic heterocycles. The van der Waals surface area contributed by atoms with Crippen molar-refractivity contribution in [1.82, 2.24) is 0 Å². The lowest BCUT2D eigenvalue weighted by Crippen LogP contribution is -2.31. The lowest BCUT2D eigenvalue weighted by molar-refractivity contribution is -0.148. The van der Waals surface area contributed by atoms with Crippen molar-refractivity contribution in [3.8, 4) is 17.2 Å². The highest BCUT2D eigenvalue weighted by molar-refractivity contribution is 5.88. The molecular formula is C20H16O7. The zero-order valence-corrected chi connectivity index (χ0v) is 14.6. The van der Waals surface area contributed by atoms with Crippen LogP contribution in [0.2, 0.25) is 0 Å². The number of benzene rings is 2. The van der Waals surface area contributed by atoms with Crippen molar-refractivity contribution in [3.63, 3.8) is 0 Å². The van der Waals surface area contributed by atoms with Gasteiger partial charge in [-0.25, -0.2) is 9.59 Å². The molecule has 0 saturated carbocycles. The van der Waals surface area contributed by atoms with Crippen molar-refractivity contribution in [2.24, 2.45) is 0 Å². The van der Waals surface area contributed by atoms with Gasteiger partial charge in [-0.1, -0.05) is 18.2 Å². The van der Waals surface area contributed by atoms with Crippen molar-refractivity contribution in [3.05, 3.63) is 64.0 Å². The number of methoxy groups -OCH3 is 2. The van der Waals surface area contributed by atoms with Gasteiger partial charge in [-0.3, -0.25) is 0 Å². The molecule has 2 heterocycles. The van der Waals surface area contributed by atoms with Gasteiger partial charge < -0.3 is 23.7 Å². The molecule has 138 valence electrons. The second kappa shape index (κ2) is 6.35. The number of hydrogen-bond acceptors (Lipinski definition) is 7. The van der Waals surface area contributed by atoms with Gasteiger partial charge in [0, 0.05) is 0 Å². The summed E-state index contributed by atoms with van der Waals surface area (Å²) in [6.07, 6.45) is -1.06. The second-order valence-corrected chi connectivity index (χ2v) is 6.10. The number of aromatic hydroxyl groups is 1. The minimum absolute atomic E-state index is 0.0550. The van der Waals surface area contributed by atoms with Crippen LogP contribution < -0.4 is 15.1 Å². The fraction of sp³-hybridized carbons (Fsp3) is 0.200. The van der Waals surface area contributed by atoms with Crippen LogP contribution in [-0.4, -0.2) is 31.4 Å². The average molecular weight is 368 g/mol. The van der Waals surface area contributed by atoms with Gasteiger partial charge in [0.2, 0.25) is 6.10 Å². The van der Waals surface area contributed by atoms with Crippen molar-refractivity contribution < 1.29 is 28.5 Å². The highest BCUT2D eigenvalue weighted by Crippen LogP contribution is 2.45. The van der Waals surface area contributed by atoms with Crippen molar-refractivity contribution in [1.29, 1.82) is 0 Å². The largest absolute Gasteiger partial charge is 0.504 e. The summed E-state index contributed by atoms with van der Waals surface area (Å²) in [7, 11) is 2.67. The molecule has 7 heteroatoms. The van der Waals surface area contributed by atoms with Crippen LogP contribution in [0.25, 0.3) is 11.0 Å². The topological polar surface area (TPSA) is 95.2 Å². The first kappa shape index (κ1) is 17.0. The summed E-state index contributed by atoms with van der Waals surface area (Å²) in [5.74, 6) is -0.917. The summed E-state index contributed by atoms with van der Waals surface area (Å²) in [4.78, 5) is 25.1. The molecule has 3 aromatic rings. The Kier molecular flexibility index (Phi) is 3.99. The Morgan fingerprint density at radius 3 is 2.67 bits per heavy atom. The molecule has 2 aromatic carbocycles. The van der Waals surface area contributed by atoms with E-state index in [0.717, 1.165) is 0 Å². The third kappa shape index (κ3) is 2.59. The molecule has 1 N–H and O–H groups in total. The maximum absolute atomic E-state index is 12.7. The van der Waals surface area contributed by atoms with Crippen LogP contribution >= 0.6 is 0 Å². The van der Waals surface area contributed by atoms with Crippen LogP contribution in [-0.2, 0) is 9.53 Å². The maximum atomic E-state index is 12.7. The van der Waals surface area contributed by atoms with Crippen molar-refractivity contribution in [2.45, 2.75) is 12.0 Å². The fourth-order valence-electron chi connectivity index (χ4n) is 3.41. The van der Waals surface area contributed by atoms with Gasteiger partial charge in [-0.2, -0.15) is 0 Å². The number of rotatable bonds is 3. The van der Waals surface area contributed by atoms with Gasteiger partial charge in [0.15, 0.2) is 11.5 Å². The number of ether oxygens (including phenoxy) is 3. The SMILES string of the molecule is COC(=O)C1Oc2c(c(=O)oc3ccccc23)C1c1ccc(O)c(OC)c1. The normalized spacial score (nSPS) is 18.0. The van der Waals surface area contributed by atoms with Gasteiger partial charge in [0.05, 0.1) is 31.1 Å². The molecule has 0 aliphatic carbocycles. The van der Waals surface area contributed by atoms with E-state index in [2.05, 4.69) is 0 Å². The molecule has 1 aromatic heterocycles. The molecule has 0 amide bonds. The molecule has 0 fully saturated rings. The van der Waals surface area contributed by atoms with E-state index in [9.17, 15) is 14.7 Å². The summed E-state index contributed by atoms with van der Waals surface area (Å²) >= 11 is 0. The average Bonchev–Trinajstić information content (AvgIpc) is 3.09. The smallest absolute Gasteiger partial charge is 0.348 e. The number of fused-ring (bicyclic) bond motifs is 3. The van der Waals surface area contributed by atoms with Crippen LogP contribution in [0.3, 0.4) is 0 Å². The highest BCUT2D eigenvalue weighted by Gasteiger charge is 2.45. The van der Waals surface area contributed by atoms with Crippen LogP contribution in [0.1, 0.15) is 17.0 Å². The van der Waals surface area contributed by atoms with Crippen LogP contribution in [0.15, 0.2) is 51.7 Å². The van der Waals surface area contributed by atoms with E-state index in [1.807, 2.05) is 0 Å². The Balaban J connectivity index is 1.98. The summed E-state index contributed by atoms with van der Waals surface area (Å²) in [6.45, 7) is 0. The molecule has 0 saturated heterocycles. The number of esters is 1. The molecule has 27 heavy (non-hydrogen) atoms. The first-order valence-electron chi connectivity index (χ1n) is 8.22. The lowest BCUT2D eigenvalue weighted by atomic mass is 9.88. The van der Waals surface area contributed by atoms with Gasteiger partial charge in [0.25, 0.3) is 0 Å². The molecule has 0 radical (unpaired) electrons. The van der Waals surface area contributed by atoms with Crippen molar-refractivity contribution >= 4 is 16.9 Å². The number of hydrogen-bond donors (Lipinski definition) is 1. The van der Waals surface area contributed by atoms with E-state index in [0.29, 0.717) is 22.3 Å². The molecule has 0 bridgehead atoms. The Bertz CT molecular complexity index is 1100. The van der Waals surface area contributed by atoms with Gasteiger partial charge in [-0.05, 0) is 29.8 Å². The van der Waals surface area contributed by atoms with E-state index >= 15 is 0 Å². The van der Waals surface area contributed by atoms with E-state index < -0.39 is 23.6 Å². The fourth-order valence-corrected chi connectivity index (χ4v) is 3.41. The van der Waals surface area contributed by atoms with Gasteiger partial charge >= 0.3 is 11.6 Å². The van der Waals surface area contributed by atoms with Crippen LogP contribution in [0.4, 0.5) is 0 Å². The quantitative estimate of drug-likeness (QED) is 0.561. The standard InChI is InChI=1S/C20H16O7/c1-24-14-9-10(7-8-12(14)21)15-16-17(27-18(15)20(23)25-2)11-5-3-4-6-13(11)26-19(16)22/h3-9,15,18,21H,1-2H3. The van der Waals surface area contributed by atoms with Crippen LogP contribution in [0.5, 0.6) is 17.2 Å². The van der Waals surface area contributed by atoms with Crippen molar-refractivity contribution in [2.75, 3.05) is 14.2 Å². The zero-order valence-electron chi connectivity index (χ0n) is 14.6. The third-order valence-corrected chi connectivity index (χ3v) is 4.65. The lowest BCUT2D eigenvalue weighted by Gasteiger charge is -2.17. The first-order valence-corrected chi connectivity index (χ1v) is 8.22. The summed E-state index contributed by atoms with van der Waals surface area (Å²) in [5.41, 5.74) is 0.569. The number of carbonyl (C=O) groups is 1. The minimum atomic E-state index is -1.06. The van der Waals surface area contributed by atoms with Gasteiger partial charge in [-0.15, -0.1) is 0 Å². The summed E-state index contributed by atoms with van der Waals surface area (Å²) in [5, 5.41) is 10.5. The van der Waals surface area contributed by atoms with Gasteiger partial charge in [0.1, 0.15) is 11.3 Å². The monoisotopic (exact) mass is 368 g/mol. The van der Waals surface area contributed by atoms with E-state index in [-0.39, 0.29) is 17.1 Å². The zero-order chi connectivity index (χ0) is 19.1. The Morgan fingerprint density at radius 2 is 1.93 bits per heavy atom. The number of phenols is 1.